The molecule has 7 heteroatoms. The fourth-order valence-electron chi connectivity index (χ4n) is 5.03. The second-order valence-electron chi connectivity index (χ2n) is 10.5. The number of fused-ring (bicyclic) bond motifs is 3. The molecule has 0 spiro atoms. The minimum atomic E-state index is -0.882. The van der Waals surface area contributed by atoms with Crippen LogP contribution in [0.2, 0.25) is 0 Å². The third-order valence-corrected chi connectivity index (χ3v) is 7.55. The lowest BCUT2D eigenvalue weighted by molar-refractivity contribution is -0.147. The summed E-state index contributed by atoms with van der Waals surface area (Å²) in [5.41, 5.74) is 3.55. The summed E-state index contributed by atoms with van der Waals surface area (Å²) in [5.74, 6) is -0.985. The SMILES string of the molecule is CC(C)(CCNC(=O)CC1(CNC(=O)OCC2c3ccccc3-c3ccccc32)CCC1)C(=O)O. The molecule has 1 saturated carbocycles. The van der Waals surface area contributed by atoms with Crippen molar-refractivity contribution in [1.82, 2.24) is 10.6 Å². The molecule has 2 aromatic rings. The van der Waals surface area contributed by atoms with E-state index in [9.17, 15) is 19.5 Å². The van der Waals surface area contributed by atoms with E-state index in [0.717, 1.165) is 19.3 Å². The normalized spacial score (nSPS) is 15.9. The zero-order valence-electron chi connectivity index (χ0n) is 20.4. The Kier molecular flexibility index (Phi) is 7.15. The Labute approximate surface area is 206 Å². The summed E-state index contributed by atoms with van der Waals surface area (Å²) in [5, 5.41) is 14.9. The molecule has 2 aromatic carbocycles. The molecular formula is C28H34N2O5. The molecule has 0 radical (unpaired) electrons. The fraction of sp³-hybridized carbons (Fsp3) is 0.464. The van der Waals surface area contributed by atoms with E-state index < -0.39 is 17.5 Å². The van der Waals surface area contributed by atoms with Crippen LogP contribution in [-0.4, -0.2) is 42.8 Å². The van der Waals surface area contributed by atoms with Crippen molar-refractivity contribution in [1.29, 1.82) is 0 Å². The number of benzene rings is 2. The zero-order valence-corrected chi connectivity index (χ0v) is 20.4. The van der Waals surface area contributed by atoms with Gasteiger partial charge in [-0.05, 0) is 60.8 Å². The number of nitrogens with one attached hydrogen (secondary N) is 2. The molecule has 0 bridgehead atoms. The molecular weight excluding hydrogens is 444 g/mol. The summed E-state index contributed by atoms with van der Waals surface area (Å²) in [6.07, 6.45) is 2.95. The van der Waals surface area contributed by atoms with E-state index in [-0.39, 0.29) is 23.8 Å². The summed E-state index contributed by atoms with van der Waals surface area (Å²) >= 11 is 0. The Morgan fingerprint density at radius 2 is 1.60 bits per heavy atom. The van der Waals surface area contributed by atoms with Gasteiger partial charge in [-0.15, -0.1) is 0 Å². The van der Waals surface area contributed by atoms with Gasteiger partial charge in [0.1, 0.15) is 6.61 Å². The molecule has 3 N–H and O–H groups in total. The number of alkyl carbamates (subject to hydrolysis) is 1. The van der Waals surface area contributed by atoms with Crippen molar-refractivity contribution in [2.24, 2.45) is 10.8 Å². The molecule has 0 heterocycles. The van der Waals surface area contributed by atoms with E-state index in [4.69, 9.17) is 4.74 Å². The number of hydrogen-bond acceptors (Lipinski definition) is 4. The molecule has 0 unspecified atom stereocenters. The van der Waals surface area contributed by atoms with Crippen LogP contribution in [0.4, 0.5) is 4.79 Å². The number of carboxylic acid groups (broad SMARTS) is 1. The topological polar surface area (TPSA) is 105 Å². The predicted molar refractivity (Wildman–Crippen MR) is 133 cm³/mol. The molecule has 0 saturated heterocycles. The van der Waals surface area contributed by atoms with Gasteiger partial charge < -0.3 is 20.5 Å². The summed E-state index contributed by atoms with van der Waals surface area (Å²) in [4.78, 5) is 36.3. The standard InChI is InChI=1S/C28H34N2O5/c1-27(2,25(32)33)14-15-29-24(31)16-28(12-7-13-28)18-30-26(34)35-17-23-21-10-5-3-8-19(21)20-9-4-6-11-22(20)23/h3-6,8-11,23H,7,12-18H2,1-2H3,(H,29,31)(H,30,34)(H,32,33). The second-order valence-corrected chi connectivity index (χ2v) is 10.5. The van der Waals surface area contributed by atoms with Gasteiger partial charge in [0.2, 0.25) is 5.91 Å². The van der Waals surface area contributed by atoms with Gasteiger partial charge in [-0.25, -0.2) is 4.79 Å². The third kappa shape index (κ3) is 5.50. The van der Waals surface area contributed by atoms with Crippen LogP contribution in [0.15, 0.2) is 48.5 Å². The number of carbonyl (C=O) groups is 3. The fourth-order valence-corrected chi connectivity index (χ4v) is 5.03. The first-order valence-electron chi connectivity index (χ1n) is 12.3. The monoisotopic (exact) mass is 478 g/mol. The largest absolute Gasteiger partial charge is 0.481 e. The van der Waals surface area contributed by atoms with Crippen molar-refractivity contribution in [2.45, 2.75) is 51.9 Å². The molecule has 0 atom stereocenters. The summed E-state index contributed by atoms with van der Waals surface area (Å²) in [6.45, 7) is 4.25. The number of carboxylic acids is 1. The van der Waals surface area contributed by atoms with Crippen LogP contribution in [0.1, 0.15) is 63.0 Å². The molecule has 7 nitrogen and oxygen atoms in total. The molecule has 35 heavy (non-hydrogen) atoms. The lowest BCUT2D eigenvalue weighted by Gasteiger charge is -2.41. The summed E-state index contributed by atoms with van der Waals surface area (Å²) in [6, 6.07) is 16.4. The van der Waals surface area contributed by atoms with Crippen LogP contribution < -0.4 is 10.6 Å². The minimum absolute atomic E-state index is 0.00615. The Hall–Kier alpha value is -3.35. The van der Waals surface area contributed by atoms with Gasteiger partial charge in [-0.3, -0.25) is 9.59 Å². The van der Waals surface area contributed by atoms with Crippen LogP contribution in [0.25, 0.3) is 11.1 Å². The van der Waals surface area contributed by atoms with Gasteiger partial charge >= 0.3 is 12.1 Å². The highest BCUT2D eigenvalue weighted by atomic mass is 16.5. The lowest BCUT2D eigenvalue weighted by Crippen LogP contribution is -2.45. The Morgan fingerprint density at radius 1 is 1.00 bits per heavy atom. The quantitative estimate of drug-likeness (QED) is 0.459. The van der Waals surface area contributed by atoms with E-state index in [1.165, 1.54) is 22.3 Å². The van der Waals surface area contributed by atoms with Crippen LogP contribution in [-0.2, 0) is 14.3 Å². The first-order chi connectivity index (χ1) is 16.7. The van der Waals surface area contributed by atoms with E-state index in [0.29, 0.717) is 25.9 Å². The van der Waals surface area contributed by atoms with Gasteiger partial charge in [0.25, 0.3) is 0 Å². The number of aliphatic carboxylic acids is 1. The highest BCUT2D eigenvalue weighted by Crippen LogP contribution is 2.45. The van der Waals surface area contributed by atoms with Gasteiger partial charge in [0, 0.05) is 25.4 Å². The molecule has 2 aliphatic rings. The smallest absolute Gasteiger partial charge is 0.407 e. The third-order valence-electron chi connectivity index (χ3n) is 7.55. The Bertz CT molecular complexity index is 1060. The van der Waals surface area contributed by atoms with Gasteiger partial charge in [-0.1, -0.05) is 55.0 Å². The molecule has 186 valence electrons. The zero-order chi connectivity index (χ0) is 25.1. The maximum atomic E-state index is 12.6. The van der Waals surface area contributed by atoms with Crippen molar-refractivity contribution in [3.63, 3.8) is 0 Å². The molecule has 0 aliphatic heterocycles. The number of ether oxygens (including phenoxy) is 1. The Balaban J connectivity index is 1.26. The van der Waals surface area contributed by atoms with Crippen molar-refractivity contribution >= 4 is 18.0 Å². The average Bonchev–Trinajstić information content (AvgIpc) is 3.13. The predicted octanol–water partition coefficient (Wildman–Crippen LogP) is 4.70. The van der Waals surface area contributed by atoms with Gasteiger partial charge in [-0.2, -0.15) is 0 Å². The van der Waals surface area contributed by atoms with Crippen molar-refractivity contribution in [3.05, 3.63) is 59.7 Å². The molecule has 2 aliphatic carbocycles. The first-order valence-corrected chi connectivity index (χ1v) is 12.3. The first kappa shape index (κ1) is 24.8. The van der Waals surface area contributed by atoms with Crippen molar-refractivity contribution < 1.29 is 24.2 Å². The number of hydrogen-bond donors (Lipinski definition) is 3. The highest BCUT2D eigenvalue weighted by Gasteiger charge is 2.39. The highest BCUT2D eigenvalue weighted by molar-refractivity contribution is 5.79. The van der Waals surface area contributed by atoms with Gasteiger partial charge in [0.05, 0.1) is 5.41 Å². The van der Waals surface area contributed by atoms with Crippen LogP contribution in [0.3, 0.4) is 0 Å². The van der Waals surface area contributed by atoms with E-state index in [2.05, 4.69) is 34.9 Å². The molecule has 4 rings (SSSR count). The van der Waals surface area contributed by atoms with Crippen LogP contribution in [0, 0.1) is 10.8 Å². The van der Waals surface area contributed by atoms with E-state index in [1.54, 1.807) is 13.8 Å². The number of rotatable bonds is 10. The molecule has 2 amide bonds. The van der Waals surface area contributed by atoms with Crippen molar-refractivity contribution in [2.75, 3.05) is 19.7 Å². The molecule has 1 fully saturated rings. The van der Waals surface area contributed by atoms with Gasteiger partial charge in [0.15, 0.2) is 0 Å². The number of carbonyl (C=O) groups excluding carboxylic acids is 2. The van der Waals surface area contributed by atoms with Crippen LogP contribution in [0.5, 0.6) is 0 Å². The molecule has 0 aromatic heterocycles. The number of amides is 2. The average molecular weight is 479 g/mol. The van der Waals surface area contributed by atoms with Crippen LogP contribution >= 0.6 is 0 Å². The minimum Gasteiger partial charge on any atom is -0.481 e. The summed E-state index contributed by atoms with van der Waals surface area (Å²) in [7, 11) is 0. The summed E-state index contributed by atoms with van der Waals surface area (Å²) < 4.78 is 5.63. The maximum absolute atomic E-state index is 12.6. The lowest BCUT2D eigenvalue weighted by atomic mass is 9.66. The second kappa shape index (κ2) is 10.1. The van der Waals surface area contributed by atoms with E-state index >= 15 is 0 Å². The van der Waals surface area contributed by atoms with E-state index in [1.807, 2.05) is 24.3 Å². The Morgan fingerprint density at radius 3 is 2.14 bits per heavy atom. The maximum Gasteiger partial charge on any atom is 0.407 e. The van der Waals surface area contributed by atoms with Crippen molar-refractivity contribution in [3.8, 4) is 11.1 Å².